The van der Waals surface area contributed by atoms with Gasteiger partial charge < -0.3 is 10.2 Å². The zero-order chi connectivity index (χ0) is 9.52. The molecule has 0 aromatic rings. The maximum absolute atomic E-state index is 3.73. The van der Waals surface area contributed by atoms with Crippen molar-refractivity contribution >= 4 is 0 Å². The van der Waals surface area contributed by atoms with Crippen LogP contribution in [0.4, 0.5) is 0 Å². The van der Waals surface area contributed by atoms with Gasteiger partial charge in [-0.3, -0.25) is 0 Å². The molecule has 2 nitrogen and oxygen atoms in total. The summed E-state index contributed by atoms with van der Waals surface area (Å²) in [6.45, 7) is 7.35. The third-order valence-corrected chi connectivity index (χ3v) is 2.64. The molecule has 1 aliphatic heterocycles. The molecule has 0 aromatic heterocycles. The molecule has 0 aromatic carbocycles. The van der Waals surface area contributed by atoms with Gasteiger partial charge in [-0.2, -0.15) is 0 Å². The van der Waals surface area contributed by atoms with Gasteiger partial charge in [0.25, 0.3) is 0 Å². The van der Waals surface area contributed by atoms with Gasteiger partial charge in [0.1, 0.15) is 0 Å². The average Bonchev–Trinajstić information content (AvgIpc) is 2.57. The molecule has 0 spiro atoms. The van der Waals surface area contributed by atoms with Crippen LogP contribution < -0.4 is 5.32 Å². The Hall–Kier alpha value is -0.340. The smallest absolute Gasteiger partial charge is 0.0195 e. The van der Waals surface area contributed by atoms with Gasteiger partial charge in [-0.1, -0.05) is 6.08 Å². The minimum absolute atomic E-state index is 0.744. The first kappa shape index (κ1) is 10.7. The van der Waals surface area contributed by atoms with Crippen molar-refractivity contribution in [1.82, 2.24) is 10.2 Å². The number of likely N-dealkylation sites (N-methyl/N-ethyl adjacent to an activating group) is 1. The van der Waals surface area contributed by atoms with Crippen LogP contribution in [0.5, 0.6) is 0 Å². The van der Waals surface area contributed by atoms with E-state index in [4.69, 9.17) is 0 Å². The molecule has 1 atom stereocenters. The van der Waals surface area contributed by atoms with Crippen LogP contribution in [0.3, 0.4) is 0 Å². The number of hydrogen-bond donors (Lipinski definition) is 1. The minimum Gasteiger partial charge on any atom is -0.313 e. The Labute approximate surface area is 82.0 Å². The first-order chi connectivity index (χ1) is 6.33. The van der Waals surface area contributed by atoms with E-state index in [0.717, 1.165) is 12.5 Å². The Morgan fingerprint density at radius 2 is 2.46 bits per heavy atom. The monoisotopic (exact) mass is 182 g/mol. The molecule has 1 saturated heterocycles. The van der Waals surface area contributed by atoms with Gasteiger partial charge in [0.2, 0.25) is 0 Å². The highest BCUT2D eigenvalue weighted by Crippen LogP contribution is 2.06. The largest absolute Gasteiger partial charge is 0.313 e. The van der Waals surface area contributed by atoms with E-state index >= 15 is 0 Å². The van der Waals surface area contributed by atoms with Crippen molar-refractivity contribution in [2.75, 3.05) is 26.7 Å². The van der Waals surface area contributed by atoms with E-state index in [9.17, 15) is 0 Å². The minimum atomic E-state index is 0.744. The van der Waals surface area contributed by atoms with Crippen molar-refractivity contribution in [3.8, 4) is 0 Å². The highest BCUT2D eigenvalue weighted by Gasteiger charge is 2.14. The van der Waals surface area contributed by atoms with Crippen molar-refractivity contribution in [2.24, 2.45) is 0 Å². The molecule has 0 amide bonds. The van der Waals surface area contributed by atoms with E-state index in [1.54, 1.807) is 0 Å². The highest BCUT2D eigenvalue weighted by molar-refractivity contribution is 4.77. The number of nitrogens with zero attached hydrogens (tertiary/aromatic N) is 1. The van der Waals surface area contributed by atoms with Gasteiger partial charge in [0.15, 0.2) is 0 Å². The Balaban J connectivity index is 2.02. The molecule has 2 heteroatoms. The summed E-state index contributed by atoms with van der Waals surface area (Å²) in [6.07, 6.45) is 7.09. The molecule has 0 radical (unpaired) electrons. The van der Waals surface area contributed by atoms with Crippen molar-refractivity contribution in [3.63, 3.8) is 0 Å². The average molecular weight is 182 g/mol. The lowest BCUT2D eigenvalue weighted by atomic mass is 10.2. The summed E-state index contributed by atoms with van der Waals surface area (Å²) in [6, 6.07) is 0.744. The molecular weight excluding hydrogens is 160 g/mol. The lowest BCUT2D eigenvalue weighted by molar-refractivity contribution is 0.297. The Morgan fingerprint density at radius 3 is 3.08 bits per heavy atom. The Morgan fingerprint density at radius 1 is 1.62 bits per heavy atom. The summed E-state index contributed by atoms with van der Waals surface area (Å²) in [5, 5.41) is 3.52. The molecule has 0 aliphatic carbocycles. The lowest BCUT2D eigenvalue weighted by Crippen LogP contribution is -2.35. The Bertz CT molecular complexity index is 139. The molecule has 1 rings (SSSR count). The maximum atomic E-state index is 3.73. The van der Waals surface area contributed by atoms with Crippen molar-refractivity contribution in [3.05, 3.63) is 12.7 Å². The zero-order valence-corrected chi connectivity index (χ0v) is 8.76. The van der Waals surface area contributed by atoms with E-state index in [-0.39, 0.29) is 0 Å². The highest BCUT2D eigenvalue weighted by atomic mass is 15.1. The molecule has 76 valence electrons. The number of allylic oxidation sites excluding steroid dienone is 1. The molecular formula is C11H22N2. The molecule has 1 unspecified atom stereocenters. The van der Waals surface area contributed by atoms with E-state index in [1.807, 2.05) is 6.08 Å². The molecule has 13 heavy (non-hydrogen) atoms. The molecule has 1 heterocycles. The Kier molecular flexibility index (Phi) is 5.09. The number of unbranched alkanes of at least 4 members (excludes halogenated alkanes) is 1. The van der Waals surface area contributed by atoms with E-state index < -0.39 is 0 Å². The summed E-state index contributed by atoms with van der Waals surface area (Å²) < 4.78 is 0. The van der Waals surface area contributed by atoms with Gasteiger partial charge in [0, 0.05) is 12.6 Å². The normalized spacial score (nSPS) is 22.5. The van der Waals surface area contributed by atoms with Crippen LogP contribution in [0, 0.1) is 0 Å². The first-order valence-electron chi connectivity index (χ1n) is 5.35. The van der Waals surface area contributed by atoms with E-state index in [1.165, 1.54) is 38.9 Å². The van der Waals surface area contributed by atoms with Gasteiger partial charge >= 0.3 is 0 Å². The summed E-state index contributed by atoms with van der Waals surface area (Å²) >= 11 is 0. The lowest BCUT2D eigenvalue weighted by Gasteiger charge is -2.20. The number of nitrogens with one attached hydrogen (secondary N) is 1. The van der Waals surface area contributed by atoms with Crippen molar-refractivity contribution < 1.29 is 0 Å². The molecule has 0 bridgehead atoms. The fraction of sp³-hybridized carbons (Fsp3) is 0.818. The molecule has 0 saturated carbocycles. The second kappa shape index (κ2) is 6.17. The molecule has 1 N–H and O–H groups in total. The first-order valence-corrected chi connectivity index (χ1v) is 5.35. The number of rotatable bonds is 6. The van der Waals surface area contributed by atoms with Gasteiger partial charge in [-0.05, 0) is 45.8 Å². The van der Waals surface area contributed by atoms with Crippen molar-refractivity contribution in [1.29, 1.82) is 0 Å². The summed E-state index contributed by atoms with van der Waals surface area (Å²) in [7, 11) is 2.21. The third-order valence-electron chi connectivity index (χ3n) is 2.64. The quantitative estimate of drug-likeness (QED) is 0.496. The predicted octanol–water partition coefficient (Wildman–Crippen LogP) is 1.64. The summed E-state index contributed by atoms with van der Waals surface area (Å²) in [5.41, 5.74) is 0. The van der Waals surface area contributed by atoms with Crippen LogP contribution in [-0.4, -0.2) is 37.6 Å². The van der Waals surface area contributed by atoms with Crippen LogP contribution in [0.2, 0.25) is 0 Å². The van der Waals surface area contributed by atoms with Crippen LogP contribution in [0.25, 0.3) is 0 Å². The fourth-order valence-corrected chi connectivity index (χ4v) is 1.89. The number of hydrogen-bond acceptors (Lipinski definition) is 2. The maximum Gasteiger partial charge on any atom is 0.0195 e. The van der Waals surface area contributed by atoms with Crippen molar-refractivity contribution in [2.45, 2.75) is 31.7 Å². The van der Waals surface area contributed by atoms with Gasteiger partial charge in [0.05, 0.1) is 0 Å². The zero-order valence-electron chi connectivity index (χ0n) is 8.76. The van der Waals surface area contributed by atoms with E-state index in [0.29, 0.717) is 0 Å². The molecule has 1 fully saturated rings. The SMILES string of the molecule is C=CCCCN(C)CC1CCCN1. The predicted molar refractivity (Wildman–Crippen MR) is 58.0 cm³/mol. The summed E-state index contributed by atoms with van der Waals surface area (Å²) in [5.74, 6) is 0. The standard InChI is InChI=1S/C11H22N2/c1-3-4-5-9-13(2)10-11-7-6-8-12-11/h3,11-12H,1,4-10H2,2H3. The fourth-order valence-electron chi connectivity index (χ4n) is 1.89. The van der Waals surface area contributed by atoms with Crippen LogP contribution in [0.15, 0.2) is 12.7 Å². The topological polar surface area (TPSA) is 15.3 Å². The van der Waals surface area contributed by atoms with E-state index in [2.05, 4.69) is 23.8 Å². The summed E-state index contributed by atoms with van der Waals surface area (Å²) in [4.78, 5) is 2.42. The second-order valence-electron chi connectivity index (χ2n) is 3.99. The second-order valence-corrected chi connectivity index (χ2v) is 3.99. The van der Waals surface area contributed by atoms with Crippen LogP contribution in [-0.2, 0) is 0 Å². The molecule has 1 aliphatic rings. The van der Waals surface area contributed by atoms with Gasteiger partial charge in [-0.15, -0.1) is 6.58 Å². The van der Waals surface area contributed by atoms with Gasteiger partial charge in [-0.25, -0.2) is 0 Å². The third kappa shape index (κ3) is 4.44. The van der Waals surface area contributed by atoms with Crippen LogP contribution in [0.1, 0.15) is 25.7 Å². The van der Waals surface area contributed by atoms with Crippen LogP contribution >= 0.6 is 0 Å².